The second-order valence-corrected chi connectivity index (χ2v) is 7.06. The SMILES string of the molecule is CCCCCOc1ccc(C(=O)[C@H](c2ccccc2)[NH+]2CCOCC2)cc1. The minimum atomic E-state index is -0.188. The van der Waals surface area contributed by atoms with Crippen molar-refractivity contribution in [3.63, 3.8) is 0 Å². The minimum absolute atomic E-state index is 0.163. The second kappa shape index (κ2) is 10.2. The molecule has 0 radical (unpaired) electrons. The first-order valence-electron chi connectivity index (χ1n) is 10.0. The number of hydrogen-bond acceptors (Lipinski definition) is 3. The average Bonchev–Trinajstić information content (AvgIpc) is 2.73. The van der Waals surface area contributed by atoms with Crippen LogP contribution in [0.25, 0.3) is 0 Å². The maximum Gasteiger partial charge on any atom is 0.224 e. The molecule has 3 rings (SSSR count). The van der Waals surface area contributed by atoms with Gasteiger partial charge in [-0.15, -0.1) is 0 Å². The smallest absolute Gasteiger partial charge is 0.224 e. The topological polar surface area (TPSA) is 40.0 Å². The Balaban J connectivity index is 1.73. The van der Waals surface area contributed by atoms with E-state index in [9.17, 15) is 4.79 Å². The van der Waals surface area contributed by atoms with Gasteiger partial charge in [0.25, 0.3) is 0 Å². The number of rotatable bonds is 9. The number of hydrogen-bond donors (Lipinski definition) is 1. The Bertz CT molecular complexity index is 693. The largest absolute Gasteiger partial charge is 0.494 e. The van der Waals surface area contributed by atoms with E-state index < -0.39 is 0 Å². The average molecular weight is 368 g/mol. The Morgan fingerprint density at radius 3 is 2.41 bits per heavy atom. The number of unbranched alkanes of at least 4 members (excludes halogenated alkanes) is 2. The summed E-state index contributed by atoms with van der Waals surface area (Å²) in [5.41, 5.74) is 1.81. The molecule has 1 fully saturated rings. The van der Waals surface area contributed by atoms with Gasteiger partial charge in [0.05, 0.1) is 19.8 Å². The van der Waals surface area contributed by atoms with E-state index >= 15 is 0 Å². The summed E-state index contributed by atoms with van der Waals surface area (Å²) in [5.74, 6) is 0.994. The van der Waals surface area contributed by atoms with Gasteiger partial charge in [0, 0.05) is 11.1 Å². The first-order valence-corrected chi connectivity index (χ1v) is 10.0. The number of ketones is 1. The van der Waals surface area contributed by atoms with Crippen molar-refractivity contribution in [2.45, 2.75) is 32.2 Å². The van der Waals surface area contributed by atoms with Crippen LogP contribution in [-0.4, -0.2) is 38.7 Å². The monoisotopic (exact) mass is 368 g/mol. The third-order valence-corrected chi connectivity index (χ3v) is 5.09. The van der Waals surface area contributed by atoms with Crippen LogP contribution in [-0.2, 0) is 4.74 Å². The lowest BCUT2D eigenvalue weighted by molar-refractivity contribution is -0.928. The standard InChI is InChI=1S/C23H29NO3/c1-2-3-7-16-27-21-12-10-20(11-13-21)23(25)22(19-8-5-4-6-9-19)24-14-17-26-18-15-24/h4-6,8-13,22H,2-3,7,14-18H2,1H3/p+1/t22-/m0/s1. The third kappa shape index (κ3) is 5.41. The summed E-state index contributed by atoms with van der Waals surface area (Å²) < 4.78 is 11.3. The summed E-state index contributed by atoms with van der Waals surface area (Å²) in [4.78, 5) is 14.6. The van der Waals surface area contributed by atoms with Gasteiger partial charge in [0.1, 0.15) is 18.8 Å². The number of Topliss-reactive ketones (excluding diaryl/α,β-unsaturated/α-hetero) is 1. The molecule has 4 nitrogen and oxygen atoms in total. The molecular weight excluding hydrogens is 338 g/mol. The normalized spacial score (nSPS) is 16.0. The maximum atomic E-state index is 13.4. The number of carbonyl (C=O) groups is 1. The molecule has 1 saturated heterocycles. The summed E-state index contributed by atoms with van der Waals surface area (Å²) >= 11 is 0. The fourth-order valence-corrected chi connectivity index (χ4v) is 3.56. The Labute approximate surface area is 162 Å². The molecule has 0 spiro atoms. The van der Waals surface area contributed by atoms with Gasteiger partial charge < -0.3 is 14.4 Å². The molecule has 0 amide bonds. The molecule has 0 unspecified atom stereocenters. The molecule has 1 N–H and O–H groups in total. The van der Waals surface area contributed by atoms with Gasteiger partial charge in [-0.25, -0.2) is 0 Å². The van der Waals surface area contributed by atoms with Crippen molar-refractivity contribution in [2.75, 3.05) is 32.9 Å². The quantitative estimate of drug-likeness (QED) is 0.546. The lowest BCUT2D eigenvalue weighted by Gasteiger charge is -2.31. The molecular formula is C23H30NO3+. The number of quaternary nitrogens is 1. The summed E-state index contributed by atoms with van der Waals surface area (Å²) in [6.45, 7) is 6.02. The number of ether oxygens (including phenoxy) is 2. The van der Waals surface area contributed by atoms with Gasteiger partial charge in [0.15, 0.2) is 6.04 Å². The lowest BCUT2D eigenvalue weighted by Crippen LogP contribution is -3.15. The maximum absolute atomic E-state index is 13.4. The van der Waals surface area contributed by atoms with Gasteiger partial charge in [-0.3, -0.25) is 4.79 Å². The van der Waals surface area contributed by atoms with Crippen molar-refractivity contribution in [1.29, 1.82) is 0 Å². The first-order chi connectivity index (χ1) is 13.3. The molecule has 4 heteroatoms. The van der Waals surface area contributed by atoms with Crippen LogP contribution in [0.1, 0.15) is 48.1 Å². The van der Waals surface area contributed by atoms with Gasteiger partial charge in [-0.05, 0) is 30.7 Å². The van der Waals surface area contributed by atoms with E-state index in [1.54, 1.807) is 0 Å². The highest BCUT2D eigenvalue weighted by Crippen LogP contribution is 2.19. The second-order valence-electron chi connectivity index (χ2n) is 7.06. The third-order valence-electron chi connectivity index (χ3n) is 5.09. The Kier molecular flexibility index (Phi) is 7.43. The molecule has 0 bridgehead atoms. The minimum Gasteiger partial charge on any atom is -0.494 e. The number of morpholine rings is 1. The van der Waals surface area contributed by atoms with Crippen molar-refractivity contribution >= 4 is 5.78 Å². The van der Waals surface area contributed by atoms with Crippen LogP contribution in [0.4, 0.5) is 0 Å². The lowest BCUT2D eigenvalue weighted by atomic mass is 9.95. The van der Waals surface area contributed by atoms with E-state index in [0.717, 1.165) is 43.0 Å². The molecule has 2 aromatic rings. The predicted octanol–water partition coefficient (Wildman–Crippen LogP) is 3.09. The van der Waals surface area contributed by atoms with Gasteiger partial charge in [0.2, 0.25) is 5.78 Å². The van der Waals surface area contributed by atoms with Gasteiger partial charge >= 0.3 is 0 Å². The van der Waals surface area contributed by atoms with E-state index in [0.29, 0.717) is 13.2 Å². The fourth-order valence-electron chi connectivity index (χ4n) is 3.56. The van der Waals surface area contributed by atoms with Crippen LogP contribution in [0.5, 0.6) is 5.75 Å². The molecule has 144 valence electrons. The van der Waals surface area contributed by atoms with Crippen molar-refractivity contribution in [2.24, 2.45) is 0 Å². The summed E-state index contributed by atoms with van der Waals surface area (Å²) in [6.07, 6.45) is 3.42. The van der Waals surface area contributed by atoms with Crippen LogP contribution in [0.15, 0.2) is 54.6 Å². The Morgan fingerprint density at radius 2 is 1.74 bits per heavy atom. The van der Waals surface area contributed by atoms with Crippen LogP contribution < -0.4 is 9.64 Å². The fraction of sp³-hybridized carbons (Fsp3) is 0.435. The van der Waals surface area contributed by atoms with E-state index in [1.165, 1.54) is 17.7 Å². The summed E-state index contributed by atoms with van der Waals surface area (Å²) in [6, 6.07) is 17.5. The van der Waals surface area contributed by atoms with Crippen molar-refractivity contribution < 1.29 is 19.2 Å². The van der Waals surface area contributed by atoms with Crippen molar-refractivity contribution in [1.82, 2.24) is 0 Å². The number of nitrogens with one attached hydrogen (secondary N) is 1. The molecule has 1 atom stereocenters. The summed E-state index contributed by atoms with van der Waals surface area (Å²) in [5, 5.41) is 0. The zero-order valence-electron chi connectivity index (χ0n) is 16.2. The van der Waals surface area contributed by atoms with E-state index in [1.807, 2.05) is 42.5 Å². The molecule has 27 heavy (non-hydrogen) atoms. The van der Waals surface area contributed by atoms with Crippen molar-refractivity contribution in [3.05, 3.63) is 65.7 Å². The molecule has 1 aliphatic rings. The van der Waals surface area contributed by atoms with Crippen molar-refractivity contribution in [3.8, 4) is 5.75 Å². The highest BCUT2D eigenvalue weighted by atomic mass is 16.5. The number of carbonyl (C=O) groups excluding carboxylic acids is 1. The van der Waals surface area contributed by atoms with E-state index in [-0.39, 0.29) is 11.8 Å². The van der Waals surface area contributed by atoms with E-state index in [2.05, 4.69) is 19.1 Å². The van der Waals surface area contributed by atoms with Crippen LogP contribution >= 0.6 is 0 Å². The predicted molar refractivity (Wildman–Crippen MR) is 106 cm³/mol. The van der Waals surface area contributed by atoms with Crippen LogP contribution in [0.2, 0.25) is 0 Å². The summed E-state index contributed by atoms with van der Waals surface area (Å²) in [7, 11) is 0. The van der Waals surface area contributed by atoms with Crippen LogP contribution in [0, 0.1) is 0 Å². The van der Waals surface area contributed by atoms with E-state index in [4.69, 9.17) is 9.47 Å². The molecule has 2 aromatic carbocycles. The first kappa shape index (κ1) is 19.6. The van der Waals surface area contributed by atoms with Gasteiger partial charge in [-0.2, -0.15) is 0 Å². The zero-order valence-corrected chi connectivity index (χ0v) is 16.2. The molecule has 0 saturated carbocycles. The zero-order chi connectivity index (χ0) is 18.9. The Hall–Kier alpha value is -2.17. The molecule has 1 aliphatic heterocycles. The molecule has 0 aromatic heterocycles. The highest BCUT2D eigenvalue weighted by molar-refractivity contribution is 5.99. The van der Waals surface area contributed by atoms with Gasteiger partial charge in [-0.1, -0.05) is 50.1 Å². The Morgan fingerprint density at radius 1 is 1.04 bits per heavy atom. The molecule has 1 heterocycles. The molecule has 0 aliphatic carbocycles. The number of benzene rings is 2. The highest BCUT2D eigenvalue weighted by Gasteiger charge is 2.33. The van der Waals surface area contributed by atoms with Crippen LogP contribution in [0.3, 0.4) is 0 Å².